The van der Waals surface area contributed by atoms with E-state index in [1.165, 1.54) is 0 Å². The average Bonchev–Trinajstić information content (AvgIpc) is 2.37. The van der Waals surface area contributed by atoms with E-state index in [0.717, 1.165) is 22.7 Å². The summed E-state index contributed by atoms with van der Waals surface area (Å²) in [4.78, 5) is 11.7. The molecule has 1 heterocycles. The molecule has 0 aliphatic heterocycles. The second kappa shape index (κ2) is 5.61. The topological polar surface area (TPSA) is 57.2 Å². The predicted molar refractivity (Wildman–Crippen MR) is 76.5 cm³/mol. The van der Waals surface area contributed by atoms with Crippen LogP contribution in [0.5, 0.6) is 5.75 Å². The number of rotatable bonds is 4. The average molecular weight is 258 g/mol. The number of hydrogen-bond acceptors (Lipinski definition) is 3. The standard InChI is InChI=1S/C15H18N2O2/c1-11-10-13(6-7-14(11)16)19-9-8-17-12(2)4-3-5-15(17)18/h3-7,10H,8-9,16H2,1-2H3. The largest absolute Gasteiger partial charge is 0.492 e. The van der Waals surface area contributed by atoms with Crippen LogP contribution in [0.2, 0.25) is 0 Å². The van der Waals surface area contributed by atoms with Gasteiger partial charge in [-0.05, 0) is 43.7 Å². The third-order valence-electron chi connectivity index (χ3n) is 3.09. The third kappa shape index (κ3) is 3.16. The quantitative estimate of drug-likeness (QED) is 0.855. The monoisotopic (exact) mass is 258 g/mol. The highest BCUT2D eigenvalue weighted by atomic mass is 16.5. The number of benzene rings is 1. The van der Waals surface area contributed by atoms with Gasteiger partial charge in [-0.1, -0.05) is 6.07 Å². The first-order valence-electron chi connectivity index (χ1n) is 6.23. The van der Waals surface area contributed by atoms with Gasteiger partial charge in [-0.2, -0.15) is 0 Å². The molecule has 0 atom stereocenters. The maximum Gasteiger partial charge on any atom is 0.250 e. The SMILES string of the molecule is Cc1cc(OCCn2c(C)cccc2=O)ccc1N. The van der Waals surface area contributed by atoms with Crippen LogP contribution in [0.15, 0.2) is 41.2 Å². The summed E-state index contributed by atoms with van der Waals surface area (Å²) in [5.41, 5.74) is 8.42. The fraction of sp³-hybridized carbons (Fsp3) is 0.267. The van der Waals surface area contributed by atoms with Crippen LogP contribution in [-0.2, 0) is 6.54 Å². The van der Waals surface area contributed by atoms with Crippen molar-refractivity contribution in [2.75, 3.05) is 12.3 Å². The highest BCUT2D eigenvalue weighted by Crippen LogP contribution is 2.18. The number of hydrogen-bond donors (Lipinski definition) is 1. The Morgan fingerprint density at radius 1 is 1.21 bits per heavy atom. The lowest BCUT2D eigenvalue weighted by Crippen LogP contribution is -2.23. The highest BCUT2D eigenvalue weighted by Gasteiger charge is 2.01. The molecule has 100 valence electrons. The smallest absolute Gasteiger partial charge is 0.250 e. The van der Waals surface area contributed by atoms with Gasteiger partial charge in [0.2, 0.25) is 0 Å². The Bertz CT molecular complexity index is 632. The van der Waals surface area contributed by atoms with Gasteiger partial charge in [0.25, 0.3) is 5.56 Å². The summed E-state index contributed by atoms with van der Waals surface area (Å²) in [6, 6.07) is 10.8. The van der Waals surface area contributed by atoms with E-state index in [4.69, 9.17) is 10.5 Å². The van der Waals surface area contributed by atoms with E-state index in [1.807, 2.05) is 38.1 Å². The summed E-state index contributed by atoms with van der Waals surface area (Å²) < 4.78 is 7.34. The molecule has 0 aliphatic rings. The van der Waals surface area contributed by atoms with Crippen molar-refractivity contribution in [2.24, 2.45) is 0 Å². The molecule has 0 amide bonds. The Labute approximate surface area is 112 Å². The lowest BCUT2D eigenvalue weighted by molar-refractivity contribution is 0.295. The fourth-order valence-electron chi connectivity index (χ4n) is 1.90. The van der Waals surface area contributed by atoms with Gasteiger partial charge in [0, 0.05) is 17.4 Å². The zero-order valence-corrected chi connectivity index (χ0v) is 11.2. The minimum atomic E-state index is -0.00270. The highest BCUT2D eigenvalue weighted by molar-refractivity contribution is 5.49. The second-order valence-electron chi connectivity index (χ2n) is 4.52. The second-order valence-corrected chi connectivity index (χ2v) is 4.52. The summed E-state index contributed by atoms with van der Waals surface area (Å²) in [5, 5.41) is 0. The number of aryl methyl sites for hydroxylation is 2. The maximum atomic E-state index is 11.7. The van der Waals surface area contributed by atoms with Gasteiger partial charge in [-0.25, -0.2) is 0 Å². The molecule has 0 radical (unpaired) electrons. The molecule has 2 aromatic rings. The zero-order valence-electron chi connectivity index (χ0n) is 11.2. The molecule has 2 N–H and O–H groups in total. The van der Waals surface area contributed by atoms with Gasteiger partial charge in [-0.15, -0.1) is 0 Å². The third-order valence-corrected chi connectivity index (χ3v) is 3.09. The summed E-state index contributed by atoms with van der Waals surface area (Å²) in [5.74, 6) is 0.772. The van der Waals surface area contributed by atoms with E-state index >= 15 is 0 Å². The normalized spacial score (nSPS) is 10.4. The summed E-state index contributed by atoms with van der Waals surface area (Å²) in [6.07, 6.45) is 0. The van der Waals surface area contributed by atoms with E-state index in [0.29, 0.717) is 13.2 Å². The van der Waals surface area contributed by atoms with Crippen LogP contribution in [-0.4, -0.2) is 11.2 Å². The van der Waals surface area contributed by atoms with Crippen molar-refractivity contribution in [1.29, 1.82) is 0 Å². The molecule has 19 heavy (non-hydrogen) atoms. The summed E-state index contributed by atoms with van der Waals surface area (Å²) in [6.45, 7) is 4.84. The van der Waals surface area contributed by atoms with Gasteiger partial charge in [-0.3, -0.25) is 4.79 Å². The molecule has 2 rings (SSSR count). The molecule has 4 heteroatoms. The molecule has 0 aliphatic carbocycles. The van der Waals surface area contributed by atoms with Crippen molar-refractivity contribution in [3.8, 4) is 5.75 Å². The molecule has 0 saturated carbocycles. The number of nitrogens with two attached hydrogens (primary N) is 1. The van der Waals surface area contributed by atoms with E-state index in [9.17, 15) is 4.79 Å². The number of nitrogen functional groups attached to an aromatic ring is 1. The Balaban J connectivity index is 2.00. The molecule has 1 aromatic heterocycles. The Kier molecular flexibility index (Phi) is 3.90. The lowest BCUT2D eigenvalue weighted by Gasteiger charge is -2.11. The molecule has 0 unspecified atom stereocenters. The van der Waals surface area contributed by atoms with Crippen LogP contribution in [0.1, 0.15) is 11.3 Å². The molecule has 0 fully saturated rings. The van der Waals surface area contributed by atoms with E-state index in [2.05, 4.69) is 0 Å². The van der Waals surface area contributed by atoms with Gasteiger partial charge < -0.3 is 15.0 Å². The van der Waals surface area contributed by atoms with E-state index in [1.54, 1.807) is 16.7 Å². The van der Waals surface area contributed by atoms with Crippen molar-refractivity contribution < 1.29 is 4.74 Å². The molecule has 4 nitrogen and oxygen atoms in total. The van der Waals surface area contributed by atoms with Crippen LogP contribution < -0.4 is 16.0 Å². The molecule has 0 spiro atoms. The first kappa shape index (κ1) is 13.2. The van der Waals surface area contributed by atoms with Crippen molar-refractivity contribution in [3.63, 3.8) is 0 Å². The van der Waals surface area contributed by atoms with Crippen LogP contribution in [0, 0.1) is 13.8 Å². The van der Waals surface area contributed by atoms with Gasteiger partial charge in [0.05, 0.1) is 6.54 Å². The van der Waals surface area contributed by atoms with Gasteiger partial charge in [0.1, 0.15) is 12.4 Å². The molecular weight excluding hydrogens is 240 g/mol. The molecular formula is C15H18N2O2. The van der Waals surface area contributed by atoms with Gasteiger partial charge >= 0.3 is 0 Å². The number of pyridine rings is 1. The van der Waals surface area contributed by atoms with Crippen LogP contribution in [0.4, 0.5) is 5.69 Å². The van der Waals surface area contributed by atoms with Crippen molar-refractivity contribution in [3.05, 3.63) is 58.0 Å². The number of ether oxygens (including phenoxy) is 1. The van der Waals surface area contributed by atoms with Crippen LogP contribution in [0.25, 0.3) is 0 Å². The minimum absolute atomic E-state index is 0.00270. The van der Waals surface area contributed by atoms with Crippen molar-refractivity contribution >= 4 is 5.69 Å². The lowest BCUT2D eigenvalue weighted by atomic mass is 10.2. The van der Waals surface area contributed by atoms with Crippen LogP contribution in [0.3, 0.4) is 0 Å². The number of nitrogens with zero attached hydrogens (tertiary/aromatic N) is 1. The fourth-order valence-corrected chi connectivity index (χ4v) is 1.90. The molecule has 0 bridgehead atoms. The summed E-state index contributed by atoms with van der Waals surface area (Å²) in [7, 11) is 0. The van der Waals surface area contributed by atoms with Crippen molar-refractivity contribution in [1.82, 2.24) is 4.57 Å². The molecule has 0 saturated heterocycles. The maximum absolute atomic E-state index is 11.7. The Hall–Kier alpha value is -2.23. The van der Waals surface area contributed by atoms with Crippen molar-refractivity contribution in [2.45, 2.75) is 20.4 Å². The van der Waals surface area contributed by atoms with E-state index < -0.39 is 0 Å². The first-order valence-corrected chi connectivity index (χ1v) is 6.23. The first-order chi connectivity index (χ1) is 9.08. The Morgan fingerprint density at radius 3 is 2.68 bits per heavy atom. The summed E-state index contributed by atoms with van der Waals surface area (Å²) >= 11 is 0. The predicted octanol–water partition coefficient (Wildman–Crippen LogP) is 2.13. The van der Waals surface area contributed by atoms with Gasteiger partial charge in [0.15, 0.2) is 0 Å². The Morgan fingerprint density at radius 2 is 2.00 bits per heavy atom. The number of anilines is 1. The molecule has 1 aromatic carbocycles. The van der Waals surface area contributed by atoms with E-state index in [-0.39, 0.29) is 5.56 Å². The van der Waals surface area contributed by atoms with Crippen LogP contribution >= 0.6 is 0 Å². The number of aromatic nitrogens is 1. The minimum Gasteiger partial charge on any atom is -0.492 e. The zero-order chi connectivity index (χ0) is 13.8.